The van der Waals surface area contributed by atoms with E-state index in [1.54, 1.807) is 28.6 Å². The molecule has 0 amide bonds. The average Bonchev–Trinajstić information content (AvgIpc) is 2.37. The maximum absolute atomic E-state index is 12.8. The molecule has 1 aromatic rings. The lowest BCUT2D eigenvalue weighted by atomic mass is 9.85. The zero-order valence-corrected chi connectivity index (χ0v) is 12.6. The van der Waals surface area contributed by atoms with E-state index in [-0.39, 0.29) is 23.1 Å². The summed E-state index contributed by atoms with van der Waals surface area (Å²) in [5.74, 6) is 0. The number of aliphatic hydroxyl groups is 1. The van der Waals surface area contributed by atoms with Crippen molar-refractivity contribution in [2.75, 3.05) is 0 Å². The van der Waals surface area contributed by atoms with Crippen molar-refractivity contribution in [2.45, 2.75) is 55.2 Å². The number of fused-ring (bicyclic) bond motifs is 2. The van der Waals surface area contributed by atoms with Crippen LogP contribution in [0.1, 0.15) is 32.1 Å². The van der Waals surface area contributed by atoms with Crippen molar-refractivity contribution in [1.82, 2.24) is 4.31 Å². The van der Waals surface area contributed by atoms with Gasteiger partial charge in [0.2, 0.25) is 10.0 Å². The van der Waals surface area contributed by atoms with Crippen LogP contribution < -0.4 is 0 Å². The van der Waals surface area contributed by atoms with Gasteiger partial charge in [-0.25, -0.2) is 8.42 Å². The Morgan fingerprint density at radius 1 is 1.10 bits per heavy atom. The van der Waals surface area contributed by atoms with Crippen LogP contribution in [0.25, 0.3) is 0 Å². The van der Waals surface area contributed by atoms with Crippen LogP contribution in [0.4, 0.5) is 0 Å². The van der Waals surface area contributed by atoms with E-state index in [2.05, 4.69) is 0 Å². The number of aliphatic hydroxyl groups excluding tert-OH is 1. The first-order chi connectivity index (χ1) is 9.48. The lowest BCUT2D eigenvalue weighted by Gasteiger charge is -2.46. The van der Waals surface area contributed by atoms with E-state index in [1.807, 2.05) is 0 Å². The third-order valence-electron chi connectivity index (χ3n) is 4.27. The zero-order valence-electron chi connectivity index (χ0n) is 11.1. The summed E-state index contributed by atoms with van der Waals surface area (Å²) in [5, 5.41) is 10.4. The van der Waals surface area contributed by atoms with Gasteiger partial charge in [-0.15, -0.1) is 0 Å². The molecule has 110 valence electrons. The number of rotatable bonds is 2. The third-order valence-corrected chi connectivity index (χ3v) is 6.54. The largest absolute Gasteiger partial charge is 0.393 e. The smallest absolute Gasteiger partial charge is 0.243 e. The monoisotopic (exact) mass is 315 g/mol. The Labute approximate surface area is 124 Å². The summed E-state index contributed by atoms with van der Waals surface area (Å²) in [5.41, 5.74) is 0. The Hall–Kier alpha value is -0.620. The molecule has 0 radical (unpaired) electrons. The highest BCUT2D eigenvalue weighted by atomic mass is 35.5. The van der Waals surface area contributed by atoms with Crippen molar-refractivity contribution in [3.8, 4) is 0 Å². The molecule has 2 fully saturated rings. The van der Waals surface area contributed by atoms with E-state index in [0.717, 1.165) is 19.3 Å². The van der Waals surface area contributed by atoms with Gasteiger partial charge in [0.05, 0.1) is 11.0 Å². The number of hydrogen-bond donors (Lipinski definition) is 1. The van der Waals surface area contributed by atoms with Crippen LogP contribution in [0.3, 0.4) is 0 Å². The Kier molecular flexibility index (Phi) is 3.79. The summed E-state index contributed by atoms with van der Waals surface area (Å²) in [7, 11) is -3.50. The molecule has 6 heteroatoms. The Morgan fingerprint density at radius 2 is 1.65 bits per heavy atom. The third kappa shape index (κ3) is 2.48. The van der Waals surface area contributed by atoms with Gasteiger partial charge in [0.15, 0.2) is 0 Å². The first-order valence-electron chi connectivity index (χ1n) is 6.95. The lowest BCUT2D eigenvalue weighted by molar-refractivity contribution is 0.0220. The summed E-state index contributed by atoms with van der Waals surface area (Å²) in [6.45, 7) is 0. The van der Waals surface area contributed by atoms with Crippen molar-refractivity contribution < 1.29 is 13.5 Å². The molecule has 0 saturated carbocycles. The Morgan fingerprint density at radius 3 is 2.20 bits per heavy atom. The van der Waals surface area contributed by atoms with Gasteiger partial charge in [-0.2, -0.15) is 4.31 Å². The summed E-state index contributed by atoms with van der Waals surface area (Å²) < 4.78 is 27.3. The highest BCUT2D eigenvalue weighted by Gasteiger charge is 2.44. The van der Waals surface area contributed by atoms with Crippen molar-refractivity contribution in [2.24, 2.45) is 0 Å². The molecule has 2 heterocycles. The molecule has 2 atom stereocenters. The van der Waals surface area contributed by atoms with Gasteiger partial charge in [-0.3, -0.25) is 0 Å². The minimum Gasteiger partial charge on any atom is -0.393 e. The lowest BCUT2D eigenvalue weighted by Crippen LogP contribution is -2.55. The molecule has 2 saturated heterocycles. The number of nitrogens with zero attached hydrogens (tertiary/aromatic N) is 1. The van der Waals surface area contributed by atoms with E-state index in [4.69, 9.17) is 11.6 Å². The summed E-state index contributed by atoms with van der Waals surface area (Å²) in [4.78, 5) is 0.287. The second-order valence-electron chi connectivity index (χ2n) is 5.65. The number of piperidine rings is 2. The van der Waals surface area contributed by atoms with Crippen molar-refractivity contribution in [1.29, 1.82) is 0 Å². The van der Waals surface area contributed by atoms with Crippen LogP contribution in [-0.2, 0) is 10.0 Å². The van der Waals surface area contributed by atoms with Gasteiger partial charge >= 0.3 is 0 Å². The first-order valence-corrected chi connectivity index (χ1v) is 8.77. The van der Waals surface area contributed by atoms with Crippen LogP contribution >= 0.6 is 11.6 Å². The maximum atomic E-state index is 12.8. The van der Waals surface area contributed by atoms with Crippen molar-refractivity contribution in [3.05, 3.63) is 29.3 Å². The van der Waals surface area contributed by atoms with E-state index < -0.39 is 10.0 Å². The molecule has 1 N–H and O–H groups in total. The molecule has 0 spiro atoms. The standard InChI is InChI=1S/C14H18ClNO3S/c15-10-4-6-14(7-5-10)20(18,19)16-11-2-1-3-12(16)9-13(17)8-11/h4-7,11-13,17H,1-3,8-9H2/t11-,12-/m0/s1. The van der Waals surface area contributed by atoms with Gasteiger partial charge in [0.1, 0.15) is 0 Å². The normalized spacial score (nSPS) is 31.2. The van der Waals surface area contributed by atoms with Crippen LogP contribution in [-0.4, -0.2) is 36.0 Å². The Bertz CT molecular complexity index is 573. The second-order valence-corrected chi connectivity index (χ2v) is 7.93. The molecule has 3 rings (SSSR count). The van der Waals surface area contributed by atoms with E-state index in [0.29, 0.717) is 17.9 Å². The fourth-order valence-electron chi connectivity index (χ4n) is 3.43. The topological polar surface area (TPSA) is 57.6 Å². The number of hydrogen-bond acceptors (Lipinski definition) is 3. The summed E-state index contributed by atoms with van der Waals surface area (Å²) >= 11 is 5.82. The SMILES string of the molecule is O=S(=O)(c1ccc(Cl)cc1)N1[C@H]2CCC[C@H]1CC(O)C2. The number of halogens is 1. The molecule has 1 aromatic carbocycles. The first kappa shape index (κ1) is 14.3. The quantitative estimate of drug-likeness (QED) is 0.911. The van der Waals surface area contributed by atoms with Gasteiger partial charge < -0.3 is 5.11 Å². The highest BCUT2D eigenvalue weighted by Crippen LogP contribution is 2.38. The fourth-order valence-corrected chi connectivity index (χ4v) is 5.45. The van der Waals surface area contributed by atoms with Crippen LogP contribution in [0.15, 0.2) is 29.2 Å². The minimum atomic E-state index is -3.50. The van der Waals surface area contributed by atoms with Gasteiger partial charge in [0.25, 0.3) is 0 Å². The zero-order chi connectivity index (χ0) is 14.3. The molecule has 2 aliphatic rings. The minimum absolute atomic E-state index is 0.0711. The number of sulfonamides is 1. The molecule has 0 aromatic heterocycles. The summed E-state index contributed by atoms with van der Waals surface area (Å²) in [6.07, 6.45) is 3.42. The maximum Gasteiger partial charge on any atom is 0.243 e. The van der Waals surface area contributed by atoms with Gasteiger partial charge in [0, 0.05) is 17.1 Å². The molecule has 0 unspecified atom stereocenters. The van der Waals surface area contributed by atoms with E-state index in [9.17, 15) is 13.5 Å². The summed E-state index contributed by atoms with van der Waals surface area (Å²) in [6, 6.07) is 6.17. The predicted molar refractivity (Wildman–Crippen MR) is 77.1 cm³/mol. The average molecular weight is 316 g/mol. The second kappa shape index (κ2) is 5.30. The molecule has 4 nitrogen and oxygen atoms in total. The van der Waals surface area contributed by atoms with Gasteiger partial charge in [-0.05, 0) is 49.9 Å². The molecule has 2 aliphatic heterocycles. The van der Waals surface area contributed by atoms with Crippen LogP contribution in [0, 0.1) is 0 Å². The Balaban J connectivity index is 1.96. The van der Waals surface area contributed by atoms with Crippen molar-refractivity contribution >= 4 is 21.6 Å². The van der Waals surface area contributed by atoms with Crippen LogP contribution in [0.2, 0.25) is 5.02 Å². The highest BCUT2D eigenvalue weighted by molar-refractivity contribution is 7.89. The molecule has 20 heavy (non-hydrogen) atoms. The van der Waals surface area contributed by atoms with E-state index >= 15 is 0 Å². The molecule has 2 bridgehead atoms. The predicted octanol–water partition coefficient (Wildman–Crippen LogP) is 2.41. The van der Waals surface area contributed by atoms with Crippen molar-refractivity contribution in [3.63, 3.8) is 0 Å². The number of benzene rings is 1. The molecular formula is C14H18ClNO3S. The van der Waals surface area contributed by atoms with Crippen LogP contribution in [0.5, 0.6) is 0 Å². The van der Waals surface area contributed by atoms with Gasteiger partial charge in [-0.1, -0.05) is 18.0 Å². The fraction of sp³-hybridized carbons (Fsp3) is 0.571. The molecular weight excluding hydrogens is 298 g/mol. The molecule has 0 aliphatic carbocycles. The van der Waals surface area contributed by atoms with E-state index in [1.165, 1.54) is 0 Å².